The van der Waals surface area contributed by atoms with Gasteiger partial charge in [-0.3, -0.25) is 0 Å². The molecule has 12 aromatic rings. The van der Waals surface area contributed by atoms with Crippen LogP contribution < -0.4 is 0 Å². The van der Waals surface area contributed by atoms with Gasteiger partial charge in [0.05, 0.1) is 0 Å². The van der Waals surface area contributed by atoms with Gasteiger partial charge in [-0.1, -0.05) is 115 Å². The van der Waals surface area contributed by atoms with Crippen LogP contribution in [0.4, 0.5) is 0 Å². The minimum absolute atomic E-state index is 0.530. The number of hydrogen-bond donors (Lipinski definition) is 0. The Bertz CT molecular complexity index is 3530. The molecule has 0 fully saturated rings. The summed E-state index contributed by atoms with van der Waals surface area (Å²) >= 11 is 0. The Morgan fingerprint density at radius 3 is 1.67 bits per heavy atom. The lowest BCUT2D eigenvalue weighted by Crippen LogP contribution is -2.00. The molecule has 0 spiro atoms. The second kappa shape index (κ2) is 12.3. The van der Waals surface area contributed by atoms with Crippen LogP contribution in [-0.4, -0.2) is 24.9 Å². The molecule has 7 aromatic carbocycles. The molecule has 0 atom stereocenters. The quantitative estimate of drug-likeness (QED) is 0.172. The number of fused-ring (bicyclic) bond motifs is 9. The van der Waals surface area contributed by atoms with E-state index in [1.807, 2.05) is 146 Å². The van der Waals surface area contributed by atoms with E-state index in [1.54, 1.807) is 0 Å². The van der Waals surface area contributed by atoms with Crippen molar-refractivity contribution in [3.05, 3.63) is 164 Å². The van der Waals surface area contributed by atoms with E-state index in [4.69, 9.17) is 38.2 Å². The lowest BCUT2D eigenvalue weighted by molar-refractivity contribution is 0.663. The number of hydrogen-bond acceptors (Lipinski definition) is 8. The fraction of sp³-hybridized carbons (Fsp3) is 0. The lowest BCUT2D eigenvalue weighted by atomic mass is 10.0. The molecular formula is C49H27N5O3. The zero-order valence-electron chi connectivity index (χ0n) is 30.0. The van der Waals surface area contributed by atoms with Crippen LogP contribution in [-0.2, 0) is 0 Å². The SMILES string of the molecule is c1ccc(-c2nc(-c3ccc4oc5ccccc5c4c3)nc(-c3cccc4oc5c(-c6nc(-c7ccccc7)nc7c6oc6ccccc67)cccc5c34)n2)cc1. The van der Waals surface area contributed by atoms with Crippen molar-refractivity contribution in [1.29, 1.82) is 0 Å². The summed E-state index contributed by atoms with van der Waals surface area (Å²) in [5, 5.41) is 4.75. The Morgan fingerprint density at radius 2 is 0.877 bits per heavy atom. The summed E-state index contributed by atoms with van der Waals surface area (Å²) in [5.41, 5.74) is 10.0. The monoisotopic (exact) mass is 733 g/mol. The molecule has 0 aliphatic heterocycles. The first-order valence-corrected chi connectivity index (χ1v) is 18.7. The molecular weight excluding hydrogens is 707 g/mol. The second-order valence-corrected chi connectivity index (χ2v) is 14.0. The molecule has 266 valence electrons. The second-order valence-electron chi connectivity index (χ2n) is 14.0. The van der Waals surface area contributed by atoms with Gasteiger partial charge in [-0.2, -0.15) is 0 Å². The van der Waals surface area contributed by atoms with Gasteiger partial charge in [-0.25, -0.2) is 24.9 Å². The van der Waals surface area contributed by atoms with E-state index in [0.717, 1.165) is 77.0 Å². The van der Waals surface area contributed by atoms with Crippen LogP contribution in [0.2, 0.25) is 0 Å². The minimum Gasteiger partial charge on any atom is -0.456 e. The standard InChI is InChI=1S/C49H27N5O3/c1-3-13-28(14-4-1)46-50-42-32-18-8-10-23-38(32)56-45(42)43(51-46)35-21-11-19-33-41-34(20-12-24-40(41)57-44(33)35)49-53-47(29-15-5-2-6-16-29)52-48(54-49)30-25-26-39-36(27-30)31-17-7-9-22-37(31)55-39/h1-27H. The highest BCUT2D eigenvalue weighted by molar-refractivity contribution is 6.17. The molecule has 0 aliphatic rings. The summed E-state index contributed by atoms with van der Waals surface area (Å²) in [6, 6.07) is 54.2. The fourth-order valence-corrected chi connectivity index (χ4v) is 7.92. The van der Waals surface area contributed by atoms with Crippen molar-refractivity contribution in [3.63, 3.8) is 0 Å². The van der Waals surface area contributed by atoms with Crippen LogP contribution in [0.3, 0.4) is 0 Å². The van der Waals surface area contributed by atoms with Crippen molar-refractivity contribution in [3.8, 4) is 56.8 Å². The molecule has 0 amide bonds. The summed E-state index contributed by atoms with van der Waals surface area (Å²) < 4.78 is 19.4. The predicted octanol–water partition coefficient (Wildman–Crippen LogP) is 12.7. The van der Waals surface area contributed by atoms with Gasteiger partial charge in [-0.05, 0) is 48.5 Å². The highest BCUT2D eigenvalue weighted by atomic mass is 16.3. The first-order chi connectivity index (χ1) is 28.2. The van der Waals surface area contributed by atoms with E-state index in [9.17, 15) is 0 Å². The summed E-state index contributed by atoms with van der Waals surface area (Å²) in [4.78, 5) is 25.5. The van der Waals surface area contributed by atoms with Gasteiger partial charge in [0.2, 0.25) is 0 Å². The van der Waals surface area contributed by atoms with Crippen LogP contribution in [0.25, 0.3) is 123 Å². The van der Waals surface area contributed by atoms with Crippen LogP contribution >= 0.6 is 0 Å². The summed E-state index contributed by atoms with van der Waals surface area (Å²) in [5.74, 6) is 2.26. The Hall–Kier alpha value is -7.97. The normalized spacial score (nSPS) is 11.9. The van der Waals surface area contributed by atoms with Crippen molar-refractivity contribution in [2.24, 2.45) is 0 Å². The third-order valence-electron chi connectivity index (χ3n) is 10.6. The van der Waals surface area contributed by atoms with Crippen molar-refractivity contribution in [1.82, 2.24) is 24.9 Å². The van der Waals surface area contributed by atoms with Gasteiger partial charge in [0.1, 0.15) is 39.1 Å². The smallest absolute Gasteiger partial charge is 0.180 e. The number of rotatable bonds is 5. The maximum Gasteiger partial charge on any atom is 0.180 e. The molecule has 0 bridgehead atoms. The molecule has 12 rings (SSSR count). The molecule has 0 N–H and O–H groups in total. The van der Waals surface area contributed by atoms with E-state index >= 15 is 0 Å². The summed E-state index contributed by atoms with van der Waals surface area (Å²) in [6.07, 6.45) is 0. The van der Waals surface area contributed by atoms with E-state index in [0.29, 0.717) is 45.7 Å². The van der Waals surface area contributed by atoms with Crippen molar-refractivity contribution < 1.29 is 13.3 Å². The van der Waals surface area contributed by atoms with Crippen molar-refractivity contribution >= 4 is 65.9 Å². The van der Waals surface area contributed by atoms with Gasteiger partial charge in [0, 0.05) is 54.7 Å². The number of furan rings is 3. The predicted molar refractivity (Wildman–Crippen MR) is 224 cm³/mol. The summed E-state index contributed by atoms with van der Waals surface area (Å²) in [6.45, 7) is 0. The minimum atomic E-state index is 0.530. The van der Waals surface area contributed by atoms with Crippen LogP contribution in [0.15, 0.2) is 177 Å². The Labute approximate surface area is 323 Å². The highest BCUT2D eigenvalue weighted by Crippen LogP contribution is 2.43. The van der Waals surface area contributed by atoms with Gasteiger partial charge < -0.3 is 13.3 Å². The van der Waals surface area contributed by atoms with E-state index in [2.05, 4.69) is 18.2 Å². The van der Waals surface area contributed by atoms with Crippen molar-refractivity contribution in [2.45, 2.75) is 0 Å². The van der Waals surface area contributed by atoms with E-state index in [-0.39, 0.29) is 0 Å². The maximum atomic E-state index is 6.80. The first-order valence-electron chi connectivity index (χ1n) is 18.7. The van der Waals surface area contributed by atoms with Crippen LogP contribution in [0, 0.1) is 0 Å². The number of para-hydroxylation sites is 3. The Balaban J connectivity index is 1.09. The average molecular weight is 734 g/mol. The highest BCUT2D eigenvalue weighted by Gasteiger charge is 2.24. The molecule has 0 aliphatic carbocycles. The molecule has 0 saturated heterocycles. The maximum absolute atomic E-state index is 6.80. The topological polar surface area (TPSA) is 104 Å². The Morgan fingerprint density at radius 1 is 0.316 bits per heavy atom. The zero-order valence-corrected chi connectivity index (χ0v) is 30.0. The van der Waals surface area contributed by atoms with E-state index < -0.39 is 0 Å². The molecule has 0 radical (unpaired) electrons. The largest absolute Gasteiger partial charge is 0.456 e. The zero-order chi connectivity index (χ0) is 37.5. The third kappa shape index (κ3) is 4.97. The molecule has 8 nitrogen and oxygen atoms in total. The molecule has 5 heterocycles. The number of aromatic nitrogens is 5. The average Bonchev–Trinajstić information content (AvgIpc) is 3.98. The summed E-state index contributed by atoms with van der Waals surface area (Å²) in [7, 11) is 0. The molecule has 5 aromatic heterocycles. The molecule has 57 heavy (non-hydrogen) atoms. The van der Waals surface area contributed by atoms with Crippen LogP contribution in [0.5, 0.6) is 0 Å². The van der Waals surface area contributed by atoms with Crippen molar-refractivity contribution in [2.75, 3.05) is 0 Å². The van der Waals surface area contributed by atoms with Gasteiger partial charge in [0.25, 0.3) is 0 Å². The van der Waals surface area contributed by atoms with Gasteiger partial charge >= 0.3 is 0 Å². The van der Waals surface area contributed by atoms with Crippen LogP contribution in [0.1, 0.15) is 0 Å². The van der Waals surface area contributed by atoms with Gasteiger partial charge in [-0.15, -0.1) is 0 Å². The number of nitrogens with zero attached hydrogens (tertiary/aromatic N) is 5. The first kappa shape index (κ1) is 31.4. The van der Waals surface area contributed by atoms with Gasteiger partial charge in [0.15, 0.2) is 28.9 Å². The third-order valence-corrected chi connectivity index (χ3v) is 10.6. The molecule has 0 unspecified atom stereocenters. The lowest BCUT2D eigenvalue weighted by Gasteiger charge is -2.09. The number of benzene rings is 7. The molecule has 0 saturated carbocycles. The Kier molecular flexibility index (Phi) is 6.76. The van der Waals surface area contributed by atoms with E-state index in [1.165, 1.54) is 0 Å². The molecule has 8 heteroatoms. The fourth-order valence-electron chi connectivity index (χ4n) is 7.92.